The molecule has 0 spiro atoms. The predicted molar refractivity (Wildman–Crippen MR) is 66.9 cm³/mol. The normalized spacial score (nSPS) is 20.5. The van der Waals surface area contributed by atoms with E-state index in [1.54, 1.807) is 0 Å². The van der Waals surface area contributed by atoms with Gasteiger partial charge in [-0.05, 0) is 24.8 Å². The van der Waals surface area contributed by atoms with E-state index < -0.39 is 0 Å². The number of hydrogen-bond donors (Lipinski definition) is 0. The molecule has 0 radical (unpaired) electrons. The molecule has 2 aliphatic rings. The fraction of sp³-hybridized carbons (Fsp3) is 0.538. The minimum absolute atomic E-state index is 0.687. The van der Waals surface area contributed by atoms with E-state index in [9.17, 15) is 0 Å². The van der Waals surface area contributed by atoms with E-state index in [0.717, 1.165) is 24.6 Å². The molecule has 90 valence electrons. The Kier molecular flexibility index (Phi) is 3.05. The van der Waals surface area contributed by atoms with E-state index >= 15 is 0 Å². The Labute approximate surface area is 101 Å². The highest BCUT2D eigenvalue weighted by atomic mass is 16.5. The third kappa shape index (κ3) is 2.31. The standard InChI is InChI=1S/C13H17N3O/c1-2-5-16(6-3-1)13-14-8-12(9-15-13)11-4-7-17-10-11/h4,8-9H,1-3,5-7,10H2. The molecule has 3 rings (SSSR count). The van der Waals surface area contributed by atoms with Gasteiger partial charge in [0.05, 0.1) is 13.2 Å². The van der Waals surface area contributed by atoms with Crippen molar-refractivity contribution in [3.8, 4) is 0 Å². The van der Waals surface area contributed by atoms with Gasteiger partial charge < -0.3 is 9.64 Å². The molecule has 2 aliphatic heterocycles. The molecule has 0 amide bonds. The molecule has 3 heterocycles. The maximum atomic E-state index is 5.30. The first-order chi connectivity index (χ1) is 8.43. The molecule has 0 aliphatic carbocycles. The van der Waals surface area contributed by atoms with Crippen molar-refractivity contribution in [2.45, 2.75) is 19.3 Å². The Morgan fingerprint density at radius 2 is 1.82 bits per heavy atom. The van der Waals surface area contributed by atoms with Crippen molar-refractivity contribution in [3.63, 3.8) is 0 Å². The van der Waals surface area contributed by atoms with Crippen LogP contribution in [0.1, 0.15) is 24.8 Å². The SMILES string of the molecule is C1=C(c2cnc(N3CCCCC3)nc2)COC1. The summed E-state index contributed by atoms with van der Waals surface area (Å²) < 4.78 is 5.30. The molecule has 1 saturated heterocycles. The van der Waals surface area contributed by atoms with Crippen LogP contribution >= 0.6 is 0 Å². The number of nitrogens with zero attached hydrogens (tertiary/aromatic N) is 3. The number of piperidine rings is 1. The van der Waals surface area contributed by atoms with Crippen molar-refractivity contribution in [2.24, 2.45) is 0 Å². The van der Waals surface area contributed by atoms with Crippen LogP contribution in [0.2, 0.25) is 0 Å². The lowest BCUT2D eigenvalue weighted by molar-refractivity contribution is 0.216. The summed E-state index contributed by atoms with van der Waals surface area (Å²) in [4.78, 5) is 11.2. The van der Waals surface area contributed by atoms with E-state index in [0.29, 0.717) is 13.2 Å². The maximum absolute atomic E-state index is 5.30. The fourth-order valence-electron chi connectivity index (χ4n) is 2.33. The van der Waals surface area contributed by atoms with Crippen molar-refractivity contribution < 1.29 is 4.74 Å². The zero-order valence-corrected chi connectivity index (χ0v) is 9.93. The Hall–Kier alpha value is -1.42. The van der Waals surface area contributed by atoms with Crippen LogP contribution in [-0.4, -0.2) is 36.3 Å². The number of rotatable bonds is 2. The van der Waals surface area contributed by atoms with Crippen LogP contribution in [0.15, 0.2) is 18.5 Å². The first-order valence-electron chi connectivity index (χ1n) is 6.27. The average Bonchev–Trinajstić information content (AvgIpc) is 2.94. The van der Waals surface area contributed by atoms with Crippen LogP contribution in [0.25, 0.3) is 5.57 Å². The van der Waals surface area contributed by atoms with Crippen LogP contribution in [0.4, 0.5) is 5.95 Å². The zero-order valence-electron chi connectivity index (χ0n) is 9.93. The van der Waals surface area contributed by atoms with Crippen LogP contribution in [0.3, 0.4) is 0 Å². The van der Waals surface area contributed by atoms with Crippen LogP contribution in [0, 0.1) is 0 Å². The van der Waals surface area contributed by atoms with E-state index in [1.807, 2.05) is 12.4 Å². The van der Waals surface area contributed by atoms with E-state index in [-0.39, 0.29) is 0 Å². The molecule has 0 aromatic carbocycles. The van der Waals surface area contributed by atoms with E-state index in [2.05, 4.69) is 20.9 Å². The van der Waals surface area contributed by atoms with Gasteiger partial charge in [-0.2, -0.15) is 0 Å². The fourth-order valence-corrected chi connectivity index (χ4v) is 2.33. The maximum Gasteiger partial charge on any atom is 0.225 e. The molecule has 0 N–H and O–H groups in total. The van der Waals surface area contributed by atoms with Crippen molar-refractivity contribution in [2.75, 3.05) is 31.2 Å². The van der Waals surface area contributed by atoms with Crippen LogP contribution in [-0.2, 0) is 4.74 Å². The molecular weight excluding hydrogens is 214 g/mol. The van der Waals surface area contributed by atoms with E-state index in [4.69, 9.17) is 4.74 Å². The quantitative estimate of drug-likeness (QED) is 0.779. The van der Waals surface area contributed by atoms with Crippen LogP contribution in [0.5, 0.6) is 0 Å². The third-order valence-corrected chi connectivity index (χ3v) is 3.35. The summed E-state index contributed by atoms with van der Waals surface area (Å²) in [5.74, 6) is 0.868. The summed E-state index contributed by atoms with van der Waals surface area (Å²) in [6.07, 6.45) is 9.77. The predicted octanol–water partition coefficient (Wildman–Crippen LogP) is 1.88. The monoisotopic (exact) mass is 231 g/mol. The lowest BCUT2D eigenvalue weighted by atomic mass is 10.1. The minimum atomic E-state index is 0.687. The minimum Gasteiger partial charge on any atom is -0.373 e. The molecule has 0 atom stereocenters. The van der Waals surface area contributed by atoms with Crippen molar-refractivity contribution in [3.05, 3.63) is 24.0 Å². The number of ether oxygens (including phenoxy) is 1. The molecule has 17 heavy (non-hydrogen) atoms. The Morgan fingerprint density at radius 3 is 2.47 bits per heavy atom. The zero-order chi connectivity index (χ0) is 11.5. The van der Waals surface area contributed by atoms with Gasteiger partial charge in [0, 0.05) is 31.0 Å². The molecule has 4 nitrogen and oxygen atoms in total. The first-order valence-corrected chi connectivity index (χ1v) is 6.27. The van der Waals surface area contributed by atoms with Gasteiger partial charge in [-0.3, -0.25) is 0 Å². The Balaban J connectivity index is 1.75. The van der Waals surface area contributed by atoms with Gasteiger partial charge in [-0.1, -0.05) is 6.08 Å². The summed E-state index contributed by atoms with van der Waals surface area (Å²) in [7, 11) is 0. The average molecular weight is 231 g/mol. The molecular formula is C13H17N3O. The highest BCUT2D eigenvalue weighted by molar-refractivity contribution is 5.66. The van der Waals surface area contributed by atoms with Crippen molar-refractivity contribution in [1.29, 1.82) is 0 Å². The molecule has 0 saturated carbocycles. The molecule has 1 aromatic heterocycles. The second-order valence-corrected chi connectivity index (χ2v) is 4.56. The number of hydrogen-bond acceptors (Lipinski definition) is 4. The van der Waals surface area contributed by atoms with E-state index in [1.165, 1.54) is 24.8 Å². The molecule has 1 fully saturated rings. The lowest BCUT2D eigenvalue weighted by Gasteiger charge is -2.26. The van der Waals surface area contributed by atoms with Gasteiger partial charge in [0.25, 0.3) is 0 Å². The van der Waals surface area contributed by atoms with Gasteiger partial charge in [-0.25, -0.2) is 9.97 Å². The Bertz CT molecular complexity index is 407. The van der Waals surface area contributed by atoms with Gasteiger partial charge in [0.2, 0.25) is 5.95 Å². The number of aromatic nitrogens is 2. The highest BCUT2D eigenvalue weighted by Gasteiger charge is 2.14. The van der Waals surface area contributed by atoms with Gasteiger partial charge in [0.15, 0.2) is 0 Å². The second-order valence-electron chi connectivity index (χ2n) is 4.56. The summed E-state index contributed by atoms with van der Waals surface area (Å²) in [6, 6.07) is 0. The summed E-state index contributed by atoms with van der Waals surface area (Å²) in [5.41, 5.74) is 2.29. The first kappa shape index (κ1) is 10.7. The second kappa shape index (κ2) is 4.84. The summed E-state index contributed by atoms with van der Waals surface area (Å²) in [5, 5.41) is 0. The highest BCUT2D eigenvalue weighted by Crippen LogP contribution is 2.20. The van der Waals surface area contributed by atoms with Crippen LogP contribution < -0.4 is 4.90 Å². The Morgan fingerprint density at radius 1 is 1.06 bits per heavy atom. The number of anilines is 1. The summed E-state index contributed by atoms with van der Waals surface area (Å²) in [6.45, 7) is 3.58. The van der Waals surface area contributed by atoms with Gasteiger partial charge in [-0.15, -0.1) is 0 Å². The summed E-state index contributed by atoms with van der Waals surface area (Å²) >= 11 is 0. The van der Waals surface area contributed by atoms with Crippen molar-refractivity contribution >= 4 is 11.5 Å². The molecule has 1 aromatic rings. The van der Waals surface area contributed by atoms with Crippen molar-refractivity contribution in [1.82, 2.24) is 9.97 Å². The largest absolute Gasteiger partial charge is 0.373 e. The molecule has 0 bridgehead atoms. The van der Waals surface area contributed by atoms with Gasteiger partial charge >= 0.3 is 0 Å². The third-order valence-electron chi connectivity index (χ3n) is 3.35. The molecule has 4 heteroatoms. The van der Waals surface area contributed by atoms with Gasteiger partial charge in [0.1, 0.15) is 0 Å². The molecule has 0 unspecified atom stereocenters. The smallest absolute Gasteiger partial charge is 0.225 e. The lowest BCUT2D eigenvalue weighted by Crippen LogP contribution is -2.30. The topological polar surface area (TPSA) is 38.2 Å².